The zero-order valence-electron chi connectivity index (χ0n) is 14.6. The van der Waals surface area contributed by atoms with Gasteiger partial charge in [-0.2, -0.15) is 0 Å². The van der Waals surface area contributed by atoms with Crippen LogP contribution in [0.25, 0.3) is 0 Å². The standard InChI is InChI=1S/C18H19N3O5/c1-19-15(23)18(16(24)20(2)17(19)25)8-12-7-11(9-22)3-4-13(12)21-5-6-26-10-14(18)21/h3-4,7,9,14H,5-6,8,10H2,1-2H3. The number of barbiturate groups is 1. The predicted octanol–water partition coefficient (Wildman–Crippen LogP) is 0.297. The van der Waals surface area contributed by atoms with Gasteiger partial charge in [-0.15, -0.1) is 0 Å². The van der Waals surface area contributed by atoms with Gasteiger partial charge in [-0.3, -0.25) is 24.2 Å². The number of carbonyl (C=O) groups excluding carboxylic acids is 4. The normalized spacial score (nSPS) is 24.6. The molecule has 1 aromatic carbocycles. The molecule has 1 unspecified atom stereocenters. The minimum Gasteiger partial charge on any atom is -0.377 e. The van der Waals surface area contributed by atoms with Crippen molar-refractivity contribution >= 4 is 29.8 Å². The highest BCUT2D eigenvalue weighted by molar-refractivity contribution is 6.20. The van der Waals surface area contributed by atoms with Crippen LogP contribution in [0.2, 0.25) is 0 Å². The van der Waals surface area contributed by atoms with Crippen LogP contribution in [0.3, 0.4) is 0 Å². The number of benzene rings is 1. The van der Waals surface area contributed by atoms with E-state index in [1.807, 2.05) is 11.0 Å². The molecule has 1 atom stereocenters. The van der Waals surface area contributed by atoms with E-state index in [9.17, 15) is 19.2 Å². The lowest BCUT2D eigenvalue weighted by Gasteiger charge is -2.54. The number of fused-ring (bicyclic) bond motifs is 4. The van der Waals surface area contributed by atoms with Gasteiger partial charge >= 0.3 is 6.03 Å². The molecule has 0 bridgehead atoms. The van der Waals surface area contributed by atoms with E-state index in [1.165, 1.54) is 14.1 Å². The second-order valence-electron chi connectivity index (χ2n) is 6.95. The van der Waals surface area contributed by atoms with E-state index in [4.69, 9.17) is 4.74 Å². The molecule has 4 amide bonds. The molecule has 3 heterocycles. The Morgan fingerprint density at radius 2 is 1.85 bits per heavy atom. The predicted molar refractivity (Wildman–Crippen MR) is 90.9 cm³/mol. The van der Waals surface area contributed by atoms with E-state index < -0.39 is 29.3 Å². The van der Waals surface area contributed by atoms with Crippen LogP contribution in [0.15, 0.2) is 18.2 Å². The van der Waals surface area contributed by atoms with Gasteiger partial charge < -0.3 is 9.64 Å². The van der Waals surface area contributed by atoms with E-state index in [1.54, 1.807) is 12.1 Å². The first-order chi connectivity index (χ1) is 12.4. The number of aldehydes is 1. The number of morpholine rings is 1. The smallest absolute Gasteiger partial charge is 0.332 e. The number of ether oxygens (including phenoxy) is 1. The maximum Gasteiger partial charge on any atom is 0.332 e. The Labute approximate surface area is 150 Å². The molecule has 8 heteroatoms. The van der Waals surface area contributed by atoms with Gasteiger partial charge in [0.2, 0.25) is 11.8 Å². The van der Waals surface area contributed by atoms with Crippen molar-refractivity contribution in [3.8, 4) is 0 Å². The summed E-state index contributed by atoms with van der Waals surface area (Å²) in [5.41, 5.74) is 0.703. The van der Waals surface area contributed by atoms with Crippen LogP contribution in [0.5, 0.6) is 0 Å². The first-order valence-corrected chi connectivity index (χ1v) is 8.44. The molecular weight excluding hydrogens is 338 g/mol. The molecule has 0 N–H and O–H groups in total. The van der Waals surface area contributed by atoms with Crippen molar-refractivity contribution < 1.29 is 23.9 Å². The summed E-state index contributed by atoms with van der Waals surface area (Å²) in [5.74, 6) is -1.04. The Morgan fingerprint density at radius 1 is 1.15 bits per heavy atom. The van der Waals surface area contributed by atoms with Gasteiger partial charge in [0.1, 0.15) is 6.29 Å². The average Bonchev–Trinajstić information content (AvgIpc) is 2.68. The zero-order chi connectivity index (χ0) is 18.6. The van der Waals surface area contributed by atoms with Crippen molar-refractivity contribution in [1.29, 1.82) is 0 Å². The topological polar surface area (TPSA) is 87.2 Å². The van der Waals surface area contributed by atoms with E-state index in [0.29, 0.717) is 18.7 Å². The van der Waals surface area contributed by atoms with Gasteiger partial charge in [-0.05, 0) is 30.2 Å². The summed E-state index contributed by atoms with van der Waals surface area (Å²) in [7, 11) is 2.78. The molecule has 1 spiro atoms. The third-order valence-electron chi connectivity index (χ3n) is 5.66. The monoisotopic (exact) mass is 357 g/mol. The molecule has 1 aromatic rings. The van der Waals surface area contributed by atoms with Crippen molar-refractivity contribution in [2.75, 3.05) is 38.8 Å². The molecule has 26 heavy (non-hydrogen) atoms. The summed E-state index contributed by atoms with van der Waals surface area (Å²) in [4.78, 5) is 53.8. The molecular formula is C18H19N3O5. The lowest BCUT2D eigenvalue weighted by Crippen LogP contribution is -2.73. The van der Waals surface area contributed by atoms with Gasteiger partial charge in [0.05, 0.1) is 19.3 Å². The molecule has 3 aliphatic rings. The van der Waals surface area contributed by atoms with Gasteiger partial charge in [0.15, 0.2) is 5.41 Å². The number of anilines is 1. The van der Waals surface area contributed by atoms with Crippen LogP contribution in [0.1, 0.15) is 15.9 Å². The van der Waals surface area contributed by atoms with Crippen LogP contribution in [-0.4, -0.2) is 73.8 Å². The van der Waals surface area contributed by atoms with E-state index in [2.05, 4.69) is 0 Å². The molecule has 2 fully saturated rings. The molecule has 2 saturated heterocycles. The third kappa shape index (κ3) is 1.99. The minimum absolute atomic E-state index is 0.133. The van der Waals surface area contributed by atoms with Crippen LogP contribution < -0.4 is 4.90 Å². The fraction of sp³-hybridized carbons (Fsp3) is 0.444. The summed E-state index contributed by atoms with van der Waals surface area (Å²) in [6.07, 6.45) is 0.874. The molecule has 0 aromatic heterocycles. The van der Waals surface area contributed by atoms with Crippen molar-refractivity contribution in [2.45, 2.75) is 12.5 Å². The molecule has 0 saturated carbocycles. The Balaban J connectivity index is 1.92. The van der Waals surface area contributed by atoms with Crippen molar-refractivity contribution in [2.24, 2.45) is 5.41 Å². The van der Waals surface area contributed by atoms with Gasteiger partial charge in [-0.25, -0.2) is 4.79 Å². The van der Waals surface area contributed by atoms with Crippen LogP contribution in [0, 0.1) is 5.41 Å². The van der Waals surface area contributed by atoms with Gasteiger partial charge in [0, 0.05) is 31.9 Å². The quantitative estimate of drug-likeness (QED) is 0.531. The summed E-state index contributed by atoms with van der Waals surface area (Å²) >= 11 is 0. The Hall–Kier alpha value is -2.74. The Bertz CT molecular complexity index is 812. The molecule has 0 radical (unpaired) electrons. The molecule has 4 rings (SSSR count). The number of urea groups is 1. The van der Waals surface area contributed by atoms with E-state index >= 15 is 0 Å². The Morgan fingerprint density at radius 3 is 2.50 bits per heavy atom. The summed E-state index contributed by atoms with van der Waals surface area (Å²) < 4.78 is 5.60. The summed E-state index contributed by atoms with van der Waals surface area (Å²) in [5, 5.41) is 0. The lowest BCUT2D eigenvalue weighted by atomic mass is 9.68. The fourth-order valence-electron chi connectivity index (χ4n) is 4.34. The number of nitrogens with zero attached hydrogens (tertiary/aromatic N) is 3. The molecule has 136 valence electrons. The summed E-state index contributed by atoms with van der Waals surface area (Å²) in [6, 6.07) is 4.15. The number of carbonyl (C=O) groups is 4. The first kappa shape index (κ1) is 16.7. The van der Waals surface area contributed by atoms with Crippen LogP contribution in [-0.2, 0) is 20.7 Å². The molecule has 0 aliphatic carbocycles. The van der Waals surface area contributed by atoms with Crippen molar-refractivity contribution in [1.82, 2.24) is 9.80 Å². The van der Waals surface area contributed by atoms with E-state index in [-0.39, 0.29) is 13.0 Å². The van der Waals surface area contributed by atoms with Crippen molar-refractivity contribution in [3.63, 3.8) is 0 Å². The number of rotatable bonds is 1. The fourth-order valence-corrected chi connectivity index (χ4v) is 4.34. The highest BCUT2D eigenvalue weighted by Crippen LogP contribution is 2.46. The molecule has 8 nitrogen and oxygen atoms in total. The number of hydrogen-bond donors (Lipinski definition) is 0. The third-order valence-corrected chi connectivity index (χ3v) is 5.66. The van der Waals surface area contributed by atoms with Crippen LogP contribution >= 0.6 is 0 Å². The first-order valence-electron chi connectivity index (χ1n) is 8.44. The lowest BCUT2D eigenvalue weighted by molar-refractivity contribution is -0.161. The second kappa shape index (κ2) is 5.63. The number of hydrogen-bond acceptors (Lipinski definition) is 6. The zero-order valence-corrected chi connectivity index (χ0v) is 14.6. The Kier molecular flexibility index (Phi) is 3.62. The highest BCUT2D eigenvalue weighted by Gasteiger charge is 2.63. The van der Waals surface area contributed by atoms with Crippen molar-refractivity contribution in [3.05, 3.63) is 29.3 Å². The van der Waals surface area contributed by atoms with E-state index in [0.717, 1.165) is 27.3 Å². The highest BCUT2D eigenvalue weighted by atomic mass is 16.5. The maximum absolute atomic E-state index is 13.2. The van der Waals surface area contributed by atoms with Gasteiger partial charge in [-0.1, -0.05) is 0 Å². The van der Waals surface area contributed by atoms with Gasteiger partial charge in [0.25, 0.3) is 0 Å². The number of imide groups is 2. The minimum atomic E-state index is -1.44. The number of amides is 4. The average molecular weight is 357 g/mol. The second-order valence-corrected chi connectivity index (χ2v) is 6.95. The summed E-state index contributed by atoms with van der Waals surface area (Å²) in [6.45, 7) is 1.23. The SMILES string of the molecule is CN1C(=O)N(C)C(=O)C2(Cc3cc(C=O)ccc3N3CCOCC32)C1=O. The van der Waals surface area contributed by atoms with Crippen LogP contribution in [0.4, 0.5) is 10.5 Å². The molecule has 3 aliphatic heterocycles. The largest absolute Gasteiger partial charge is 0.377 e. The maximum atomic E-state index is 13.2.